The molecule has 2 unspecified atom stereocenters. The number of carbonyl (C=O) groups is 1. The fourth-order valence-electron chi connectivity index (χ4n) is 3.67. The minimum Gasteiger partial charge on any atom is -0.436 e. The predicted molar refractivity (Wildman–Crippen MR) is 148 cm³/mol. The smallest absolute Gasteiger partial charge is 0.332 e. The van der Waals surface area contributed by atoms with E-state index in [2.05, 4.69) is 10.3 Å². The van der Waals surface area contributed by atoms with Gasteiger partial charge in [0.15, 0.2) is 5.82 Å². The highest BCUT2D eigenvalue weighted by Crippen LogP contribution is 2.25. The van der Waals surface area contributed by atoms with Crippen LogP contribution in [0.5, 0.6) is 11.6 Å². The summed E-state index contributed by atoms with van der Waals surface area (Å²) in [6, 6.07) is 17.0. The van der Waals surface area contributed by atoms with Gasteiger partial charge in [0.05, 0.1) is 12.5 Å². The van der Waals surface area contributed by atoms with Gasteiger partial charge in [0.1, 0.15) is 11.6 Å². The van der Waals surface area contributed by atoms with Gasteiger partial charge in [-0.25, -0.2) is 18.4 Å². The third-order valence-electron chi connectivity index (χ3n) is 5.69. The van der Waals surface area contributed by atoms with E-state index in [0.717, 1.165) is 4.57 Å². The molecule has 2 aromatic heterocycles. The Balaban J connectivity index is 1.65. The molecule has 2 aromatic carbocycles. The van der Waals surface area contributed by atoms with Crippen molar-refractivity contribution in [3.8, 4) is 11.6 Å². The van der Waals surface area contributed by atoms with E-state index in [1.54, 1.807) is 48.5 Å². The predicted octanol–water partition coefficient (Wildman–Crippen LogP) is 3.67. The summed E-state index contributed by atoms with van der Waals surface area (Å²) in [5.74, 6) is -2.08. The van der Waals surface area contributed by atoms with Gasteiger partial charge in [-0.05, 0) is 54.1 Å². The number of carbonyl (C=O) groups excluding carboxylic acids is 1. The molecule has 0 spiro atoms. The van der Waals surface area contributed by atoms with Gasteiger partial charge >= 0.3 is 5.69 Å². The zero-order valence-corrected chi connectivity index (χ0v) is 22.5. The number of ether oxygens (including phenoxy) is 1. The second-order valence-electron chi connectivity index (χ2n) is 8.63. The Labute approximate surface area is 234 Å². The molecule has 208 valence electrons. The lowest BCUT2D eigenvalue weighted by molar-refractivity contribution is -0.123. The Bertz CT molecular complexity index is 1660. The van der Waals surface area contributed by atoms with Gasteiger partial charge in [-0.15, -0.1) is 0 Å². The standard InChI is InChI=1S/C26H23ClFN5O6S/c1-16(24(35)31-40(37)38)14-33-23(34)13-22(32(26(33)36)15-17-4-6-18(27)7-5-17)30-19-8-10-20(11-9-19)39-25-21(28)3-2-12-29-25/h2-13,16,30H,14-15H2,1H3,(H,31,35)(H,37,38). The SMILES string of the molecule is CC(Cn1c(=O)cc(Nc2ccc(Oc3ncccc3F)cc2)n(Cc2ccc(Cl)cc2)c1=O)C(=O)NS(=O)O. The van der Waals surface area contributed by atoms with E-state index < -0.39 is 40.2 Å². The second-order valence-corrected chi connectivity index (χ2v) is 9.77. The number of halogens is 2. The molecule has 0 radical (unpaired) electrons. The van der Waals surface area contributed by atoms with Crippen molar-refractivity contribution in [3.05, 3.63) is 110 Å². The summed E-state index contributed by atoms with van der Waals surface area (Å²) in [6.45, 7) is 1.15. The molecule has 0 aliphatic carbocycles. The van der Waals surface area contributed by atoms with Crippen LogP contribution in [0.25, 0.3) is 0 Å². The number of benzene rings is 2. The first kappa shape index (κ1) is 28.7. The van der Waals surface area contributed by atoms with Crippen LogP contribution in [-0.2, 0) is 29.2 Å². The molecule has 2 atom stereocenters. The molecule has 40 heavy (non-hydrogen) atoms. The highest BCUT2D eigenvalue weighted by Gasteiger charge is 2.20. The maximum Gasteiger partial charge on any atom is 0.332 e. The van der Waals surface area contributed by atoms with Crippen molar-refractivity contribution in [2.45, 2.75) is 20.0 Å². The van der Waals surface area contributed by atoms with Crippen molar-refractivity contribution in [1.82, 2.24) is 18.8 Å². The van der Waals surface area contributed by atoms with Crippen LogP contribution in [0.2, 0.25) is 5.02 Å². The number of nitrogens with one attached hydrogen (secondary N) is 2. The summed E-state index contributed by atoms with van der Waals surface area (Å²) in [6.07, 6.45) is 1.40. The van der Waals surface area contributed by atoms with E-state index in [1.807, 2.05) is 4.72 Å². The molecule has 2 heterocycles. The van der Waals surface area contributed by atoms with Crippen molar-refractivity contribution in [1.29, 1.82) is 0 Å². The summed E-state index contributed by atoms with van der Waals surface area (Å²) in [5, 5.41) is 3.55. The summed E-state index contributed by atoms with van der Waals surface area (Å²) in [7, 11) is 0. The molecule has 0 aliphatic heterocycles. The van der Waals surface area contributed by atoms with Gasteiger partial charge < -0.3 is 10.1 Å². The van der Waals surface area contributed by atoms with E-state index in [0.29, 0.717) is 22.0 Å². The molecule has 0 saturated heterocycles. The summed E-state index contributed by atoms with van der Waals surface area (Å²) in [4.78, 5) is 42.4. The van der Waals surface area contributed by atoms with Gasteiger partial charge in [0.25, 0.3) is 22.7 Å². The molecule has 3 N–H and O–H groups in total. The normalized spacial score (nSPS) is 12.4. The van der Waals surface area contributed by atoms with Crippen LogP contribution in [0.15, 0.2) is 82.5 Å². The van der Waals surface area contributed by atoms with Crippen molar-refractivity contribution in [2.24, 2.45) is 5.92 Å². The van der Waals surface area contributed by atoms with E-state index in [9.17, 15) is 23.0 Å². The van der Waals surface area contributed by atoms with Crippen LogP contribution >= 0.6 is 11.6 Å². The van der Waals surface area contributed by atoms with Gasteiger partial charge in [-0.2, -0.15) is 0 Å². The summed E-state index contributed by atoms with van der Waals surface area (Å²) >= 11 is 3.41. The third kappa shape index (κ3) is 7.20. The zero-order chi connectivity index (χ0) is 28.8. The Morgan fingerprint density at radius 1 is 1.12 bits per heavy atom. The summed E-state index contributed by atoms with van der Waals surface area (Å²) < 4.78 is 43.2. The number of hydrogen-bond donors (Lipinski definition) is 3. The molecule has 0 fully saturated rings. The van der Waals surface area contributed by atoms with Gasteiger partial charge in [0.2, 0.25) is 5.91 Å². The van der Waals surface area contributed by atoms with Gasteiger partial charge in [0, 0.05) is 29.5 Å². The molecule has 11 nitrogen and oxygen atoms in total. The number of amides is 1. The monoisotopic (exact) mass is 587 g/mol. The average molecular weight is 588 g/mol. The molecule has 1 amide bonds. The van der Waals surface area contributed by atoms with Crippen molar-refractivity contribution < 1.29 is 22.7 Å². The van der Waals surface area contributed by atoms with E-state index in [4.69, 9.17) is 20.9 Å². The molecule has 0 aliphatic rings. The van der Waals surface area contributed by atoms with Crippen molar-refractivity contribution in [3.63, 3.8) is 0 Å². The number of aromatic nitrogens is 3. The first-order chi connectivity index (χ1) is 19.1. The minimum atomic E-state index is -2.58. The Hall–Kier alpha value is -4.33. The largest absolute Gasteiger partial charge is 0.436 e. The first-order valence-electron chi connectivity index (χ1n) is 11.8. The van der Waals surface area contributed by atoms with Crippen molar-refractivity contribution >= 4 is 40.3 Å². The number of pyridine rings is 1. The van der Waals surface area contributed by atoms with Crippen LogP contribution in [0.3, 0.4) is 0 Å². The first-order valence-corrected chi connectivity index (χ1v) is 13.2. The fourth-order valence-corrected chi connectivity index (χ4v) is 4.17. The van der Waals surface area contributed by atoms with Crippen LogP contribution in [0.4, 0.5) is 15.9 Å². The Morgan fingerprint density at radius 2 is 1.82 bits per heavy atom. The average Bonchev–Trinajstić information content (AvgIpc) is 2.91. The van der Waals surface area contributed by atoms with Crippen LogP contribution < -0.4 is 26.0 Å². The maximum absolute atomic E-state index is 13.9. The topological polar surface area (TPSA) is 145 Å². The Kier molecular flexibility index (Phi) is 9.09. The molecule has 4 aromatic rings. The van der Waals surface area contributed by atoms with Crippen LogP contribution in [-0.4, -0.2) is 28.8 Å². The molecular formula is C26H23ClFN5O6S. The quantitative estimate of drug-likeness (QED) is 0.238. The van der Waals surface area contributed by atoms with Gasteiger partial charge in [-0.1, -0.05) is 30.7 Å². The lowest BCUT2D eigenvalue weighted by atomic mass is 10.1. The molecule has 0 bridgehead atoms. The summed E-state index contributed by atoms with van der Waals surface area (Å²) in [5.41, 5.74) is -0.189. The molecule has 14 heteroatoms. The fraction of sp³-hybridized carbons (Fsp3) is 0.154. The molecular weight excluding hydrogens is 565 g/mol. The number of hydrogen-bond acceptors (Lipinski definition) is 7. The molecule has 0 saturated carbocycles. The van der Waals surface area contributed by atoms with Crippen LogP contribution in [0.1, 0.15) is 12.5 Å². The zero-order valence-electron chi connectivity index (χ0n) is 20.9. The van der Waals surface area contributed by atoms with Crippen LogP contribution in [0, 0.1) is 11.7 Å². The number of rotatable bonds is 10. The molecule has 4 rings (SSSR count). The second kappa shape index (κ2) is 12.7. The van der Waals surface area contributed by atoms with Crippen molar-refractivity contribution in [2.75, 3.05) is 5.32 Å². The third-order valence-corrected chi connectivity index (χ3v) is 6.32. The Morgan fingerprint density at radius 3 is 2.48 bits per heavy atom. The maximum atomic E-state index is 13.9. The van der Waals surface area contributed by atoms with Gasteiger partial charge in [-0.3, -0.25) is 28.0 Å². The van der Waals surface area contributed by atoms with E-state index >= 15 is 0 Å². The number of nitrogens with zero attached hydrogens (tertiary/aromatic N) is 3. The number of anilines is 2. The lowest BCUT2D eigenvalue weighted by Crippen LogP contribution is -2.44. The highest BCUT2D eigenvalue weighted by molar-refractivity contribution is 7.77. The minimum absolute atomic E-state index is 0.0556. The van der Waals surface area contributed by atoms with E-state index in [1.165, 1.54) is 35.9 Å². The highest BCUT2D eigenvalue weighted by atomic mass is 35.5. The van der Waals surface area contributed by atoms with E-state index in [-0.39, 0.29) is 24.8 Å². The lowest BCUT2D eigenvalue weighted by Gasteiger charge is -2.18.